The Labute approximate surface area is 230 Å². The molecule has 3 aromatic carbocycles. The fourth-order valence-corrected chi connectivity index (χ4v) is 3.97. The zero-order valence-electron chi connectivity index (χ0n) is 22.9. The first-order valence-corrected chi connectivity index (χ1v) is 12.7. The lowest BCUT2D eigenvalue weighted by atomic mass is 10.1. The van der Waals surface area contributed by atoms with Gasteiger partial charge in [-0.25, -0.2) is 4.79 Å². The van der Waals surface area contributed by atoms with E-state index in [1.54, 1.807) is 70.3 Å². The fourth-order valence-electron chi connectivity index (χ4n) is 3.97. The number of phenols is 1. The number of hydrogen-bond acceptors (Lipinski definition) is 9. The number of nitrogens with zero attached hydrogens (tertiary/aromatic N) is 2. The molecule has 0 aliphatic heterocycles. The molecule has 1 heterocycles. The zero-order valence-corrected chi connectivity index (χ0v) is 22.9. The molecule has 0 saturated heterocycles. The summed E-state index contributed by atoms with van der Waals surface area (Å²) in [6.45, 7) is 7.26. The van der Waals surface area contributed by atoms with Crippen LogP contribution in [0.25, 0.3) is 10.9 Å². The second-order valence-corrected chi connectivity index (χ2v) is 10.5. The van der Waals surface area contributed by atoms with Crippen LogP contribution in [-0.4, -0.2) is 51.4 Å². The van der Waals surface area contributed by atoms with Gasteiger partial charge in [-0.3, -0.25) is 19.5 Å². The van der Waals surface area contributed by atoms with Gasteiger partial charge in [-0.15, -0.1) is 0 Å². The SMILES string of the molecule is C[C@@H](Nc1c(Nc2ccc3[nH]nc(NC(=O)CCN(C)C(=O)OC(C)(C)C)c3c2)c(=O)c1=O)c1cccc(O)c1. The molecule has 12 heteroatoms. The maximum absolute atomic E-state index is 12.6. The molecular weight excluding hydrogens is 516 g/mol. The van der Waals surface area contributed by atoms with Crippen LogP contribution in [0.5, 0.6) is 5.75 Å². The molecule has 0 fully saturated rings. The summed E-state index contributed by atoms with van der Waals surface area (Å²) >= 11 is 0. The van der Waals surface area contributed by atoms with Gasteiger partial charge in [0, 0.05) is 37.1 Å². The van der Waals surface area contributed by atoms with Gasteiger partial charge >= 0.3 is 6.09 Å². The van der Waals surface area contributed by atoms with Crippen molar-refractivity contribution in [2.75, 3.05) is 29.5 Å². The summed E-state index contributed by atoms with van der Waals surface area (Å²) in [5, 5.41) is 26.1. The molecule has 4 rings (SSSR count). The number of aromatic amines is 1. The van der Waals surface area contributed by atoms with E-state index in [1.807, 2.05) is 6.92 Å². The average molecular weight is 549 g/mol. The Morgan fingerprint density at radius 1 is 1.10 bits per heavy atom. The van der Waals surface area contributed by atoms with Crippen LogP contribution >= 0.6 is 0 Å². The van der Waals surface area contributed by atoms with Gasteiger partial charge in [0.1, 0.15) is 22.7 Å². The Hall–Kier alpha value is -4.87. The van der Waals surface area contributed by atoms with Crippen LogP contribution in [0.3, 0.4) is 0 Å². The number of anilines is 4. The van der Waals surface area contributed by atoms with Gasteiger partial charge in [0.15, 0.2) is 5.82 Å². The van der Waals surface area contributed by atoms with Gasteiger partial charge < -0.3 is 30.7 Å². The number of fused-ring (bicyclic) bond motifs is 1. The van der Waals surface area contributed by atoms with Crippen LogP contribution in [0.15, 0.2) is 52.1 Å². The van der Waals surface area contributed by atoms with E-state index in [0.717, 1.165) is 5.56 Å². The minimum absolute atomic E-state index is 0.0257. The Balaban J connectivity index is 1.43. The predicted molar refractivity (Wildman–Crippen MR) is 153 cm³/mol. The van der Waals surface area contributed by atoms with Crippen LogP contribution in [0.2, 0.25) is 0 Å². The van der Waals surface area contributed by atoms with E-state index >= 15 is 0 Å². The summed E-state index contributed by atoms with van der Waals surface area (Å²) < 4.78 is 5.29. The van der Waals surface area contributed by atoms with Gasteiger partial charge in [-0.1, -0.05) is 12.1 Å². The highest BCUT2D eigenvalue weighted by Gasteiger charge is 2.24. The quantitative estimate of drug-likeness (QED) is 0.195. The molecule has 1 atom stereocenters. The topological polar surface area (TPSA) is 166 Å². The number of H-pyrrole nitrogens is 1. The van der Waals surface area contributed by atoms with Crippen LogP contribution in [0.1, 0.15) is 45.7 Å². The normalized spacial score (nSPS) is 12.2. The summed E-state index contributed by atoms with van der Waals surface area (Å²) in [7, 11) is 1.55. The summed E-state index contributed by atoms with van der Waals surface area (Å²) in [5.74, 6) is 0.0300. The number of nitrogens with one attached hydrogen (secondary N) is 4. The molecule has 0 radical (unpaired) electrons. The number of benzene rings is 2. The summed E-state index contributed by atoms with van der Waals surface area (Å²) in [6, 6.07) is 11.4. The second-order valence-electron chi connectivity index (χ2n) is 10.5. The monoisotopic (exact) mass is 548 g/mol. The summed E-state index contributed by atoms with van der Waals surface area (Å²) in [6.07, 6.45) is -0.498. The van der Waals surface area contributed by atoms with E-state index in [-0.39, 0.29) is 47.9 Å². The first-order chi connectivity index (χ1) is 18.8. The van der Waals surface area contributed by atoms with E-state index in [1.165, 1.54) is 4.90 Å². The van der Waals surface area contributed by atoms with Gasteiger partial charge in [0.25, 0.3) is 10.9 Å². The van der Waals surface area contributed by atoms with Gasteiger partial charge in [-0.05, 0) is 63.6 Å². The van der Waals surface area contributed by atoms with Gasteiger partial charge in [0.05, 0.1) is 5.52 Å². The van der Waals surface area contributed by atoms with Crippen LogP contribution < -0.4 is 26.8 Å². The largest absolute Gasteiger partial charge is 0.508 e. The predicted octanol–water partition coefficient (Wildman–Crippen LogP) is 3.98. The van der Waals surface area contributed by atoms with E-state index in [0.29, 0.717) is 16.6 Å². The summed E-state index contributed by atoms with van der Waals surface area (Å²) in [5.41, 5.74) is 0.246. The van der Waals surface area contributed by atoms with Gasteiger partial charge in [0.2, 0.25) is 5.91 Å². The molecular formula is C28H32N6O6. The maximum Gasteiger partial charge on any atom is 0.410 e. The van der Waals surface area contributed by atoms with Crippen molar-refractivity contribution >= 4 is 45.8 Å². The number of phenolic OH excluding ortho intramolecular Hbond substituents is 1. The third-order valence-corrected chi connectivity index (χ3v) is 6.11. The number of carbonyl (C=O) groups excluding carboxylic acids is 2. The van der Waals surface area contributed by atoms with Crippen molar-refractivity contribution < 1.29 is 19.4 Å². The lowest BCUT2D eigenvalue weighted by Crippen LogP contribution is -2.37. The van der Waals surface area contributed by atoms with Crippen molar-refractivity contribution in [1.29, 1.82) is 0 Å². The Morgan fingerprint density at radius 2 is 1.82 bits per heavy atom. The molecule has 0 unspecified atom stereocenters. The van der Waals surface area contributed by atoms with Crippen molar-refractivity contribution in [1.82, 2.24) is 15.1 Å². The molecule has 40 heavy (non-hydrogen) atoms. The first kappa shape index (κ1) is 28.1. The Bertz CT molecular complexity index is 1630. The molecule has 1 aromatic heterocycles. The van der Waals surface area contributed by atoms with Crippen molar-refractivity contribution in [2.24, 2.45) is 0 Å². The van der Waals surface area contributed by atoms with E-state index in [2.05, 4.69) is 26.1 Å². The highest BCUT2D eigenvalue weighted by Crippen LogP contribution is 2.29. The molecule has 12 nitrogen and oxygen atoms in total. The number of aromatic hydroxyl groups is 1. The minimum atomic E-state index is -0.652. The van der Waals surface area contributed by atoms with Crippen molar-refractivity contribution in [2.45, 2.75) is 45.8 Å². The Morgan fingerprint density at radius 3 is 2.52 bits per heavy atom. The van der Waals surface area contributed by atoms with Crippen LogP contribution in [0.4, 0.5) is 27.7 Å². The van der Waals surface area contributed by atoms with Crippen molar-refractivity contribution in [3.05, 3.63) is 68.5 Å². The highest BCUT2D eigenvalue weighted by molar-refractivity contribution is 6.01. The number of hydrogen-bond donors (Lipinski definition) is 5. The van der Waals surface area contributed by atoms with E-state index < -0.39 is 22.6 Å². The average Bonchev–Trinajstić information content (AvgIpc) is 3.29. The molecule has 0 aliphatic carbocycles. The second kappa shape index (κ2) is 11.1. The third kappa shape index (κ3) is 6.40. The van der Waals surface area contributed by atoms with Crippen molar-refractivity contribution in [3.8, 4) is 5.75 Å². The molecule has 0 bridgehead atoms. The van der Waals surface area contributed by atoms with E-state index in [4.69, 9.17) is 4.74 Å². The molecule has 210 valence electrons. The fraction of sp³-hybridized carbons (Fsp3) is 0.321. The van der Waals surface area contributed by atoms with Gasteiger partial charge in [-0.2, -0.15) is 5.10 Å². The summed E-state index contributed by atoms with van der Waals surface area (Å²) in [4.78, 5) is 50.7. The lowest BCUT2D eigenvalue weighted by Gasteiger charge is -2.24. The number of amides is 2. The van der Waals surface area contributed by atoms with Crippen LogP contribution in [-0.2, 0) is 9.53 Å². The molecule has 5 N–H and O–H groups in total. The van der Waals surface area contributed by atoms with Crippen molar-refractivity contribution in [3.63, 3.8) is 0 Å². The first-order valence-electron chi connectivity index (χ1n) is 12.7. The standard InChI is InChI=1S/C28H32N6O6/c1-15(16-7-6-8-18(35)13-16)29-22-23(25(38)24(22)37)30-17-9-10-20-19(14-17)26(33-32-20)31-21(36)11-12-34(5)27(39)40-28(2,3)4/h6-10,13-15,29-30,35H,11-12H2,1-5H3,(H2,31,32,33,36)/t15-/m1/s1. The number of carbonyl (C=O) groups is 2. The zero-order chi connectivity index (χ0) is 29.2. The highest BCUT2D eigenvalue weighted by atomic mass is 16.6. The third-order valence-electron chi connectivity index (χ3n) is 6.11. The Kier molecular flexibility index (Phi) is 7.80. The maximum atomic E-state index is 12.6. The lowest BCUT2D eigenvalue weighted by molar-refractivity contribution is -0.116. The molecule has 0 aliphatic rings. The number of aromatic nitrogens is 2. The van der Waals surface area contributed by atoms with E-state index in [9.17, 15) is 24.3 Å². The molecule has 2 amide bonds. The molecule has 4 aromatic rings. The number of rotatable bonds is 9. The van der Waals surface area contributed by atoms with Crippen LogP contribution in [0, 0.1) is 0 Å². The smallest absolute Gasteiger partial charge is 0.410 e. The number of ether oxygens (including phenoxy) is 1. The molecule has 0 saturated carbocycles. The molecule has 0 spiro atoms. The minimum Gasteiger partial charge on any atom is -0.508 e.